The average Bonchev–Trinajstić information content (AvgIpc) is 3.56. The number of aromatic nitrogens is 2. The number of H-pyrrole nitrogens is 1. The van der Waals surface area contributed by atoms with Crippen molar-refractivity contribution >= 4 is 34.7 Å². The first-order valence-electron chi connectivity index (χ1n) is 12.4. The van der Waals surface area contributed by atoms with Gasteiger partial charge in [-0.25, -0.2) is 9.80 Å². The molecule has 3 aromatic rings. The van der Waals surface area contributed by atoms with Gasteiger partial charge in [0.1, 0.15) is 5.69 Å². The molecular formula is C25H27N7O4S. The summed E-state index contributed by atoms with van der Waals surface area (Å²) in [6, 6.07) is 8.57. The fourth-order valence-electron chi connectivity index (χ4n) is 4.92. The predicted octanol–water partition coefficient (Wildman–Crippen LogP) is 2.15. The molecule has 0 spiro atoms. The van der Waals surface area contributed by atoms with E-state index in [0.29, 0.717) is 71.5 Å². The van der Waals surface area contributed by atoms with E-state index in [1.165, 1.54) is 11.3 Å². The standard InChI is InChI=1S/C25H27N7O4S/c33-23-19-15(3-1-4-16(19)27-25(35)30-32-11-13-36-14-12-32)21-20(23)22(29-28-21)17-5-6-18(37-17)24(34)31-9-2-7-26-8-10-31/h1,3-6,26H,2,7-14H2,(H,28,29)(H2,27,30,35). The lowest BCUT2D eigenvalue weighted by Crippen LogP contribution is -2.49. The molecule has 37 heavy (non-hydrogen) atoms. The number of morpholine rings is 1. The minimum absolute atomic E-state index is 0.00323. The van der Waals surface area contributed by atoms with Crippen LogP contribution in [0.1, 0.15) is 32.0 Å². The molecule has 1 aromatic carbocycles. The molecule has 192 valence electrons. The smallest absolute Gasteiger partial charge is 0.333 e. The van der Waals surface area contributed by atoms with Crippen molar-refractivity contribution in [2.24, 2.45) is 0 Å². The average molecular weight is 522 g/mol. The number of hydrogen-bond acceptors (Lipinski definition) is 8. The van der Waals surface area contributed by atoms with Crippen LogP contribution in [0, 0.1) is 0 Å². The zero-order valence-corrected chi connectivity index (χ0v) is 21.0. The molecule has 11 nitrogen and oxygen atoms in total. The lowest BCUT2D eigenvalue weighted by Gasteiger charge is -2.27. The van der Waals surface area contributed by atoms with Crippen molar-refractivity contribution in [1.29, 1.82) is 0 Å². The van der Waals surface area contributed by atoms with Gasteiger partial charge in [-0.2, -0.15) is 5.10 Å². The number of nitrogens with one attached hydrogen (secondary N) is 4. The van der Waals surface area contributed by atoms with Crippen molar-refractivity contribution in [1.82, 2.24) is 30.8 Å². The third-order valence-electron chi connectivity index (χ3n) is 6.75. The number of hydrogen-bond donors (Lipinski definition) is 4. The van der Waals surface area contributed by atoms with Gasteiger partial charge in [0.25, 0.3) is 5.91 Å². The molecule has 2 aromatic heterocycles. The number of anilines is 1. The highest BCUT2D eigenvalue weighted by atomic mass is 32.1. The zero-order chi connectivity index (χ0) is 25.4. The molecule has 1 aliphatic carbocycles. The largest absolute Gasteiger partial charge is 0.379 e. The van der Waals surface area contributed by atoms with Gasteiger partial charge >= 0.3 is 6.03 Å². The number of fused-ring (bicyclic) bond motifs is 3. The Balaban J connectivity index is 1.23. The zero-order valence-electron chi connectivity index (χ0n) is 20.1. The van der Waals surface area contributed by atoms with Crippen molar-refractivity contribution < 1.29 is 19.1 Å². The fraction of sp³-hybridized carbons (Fsp3) is 0.360. The second kappa shape index (κ2) is 10.1. The van der Waals surface area contributed by atoms with Crippen molar-refractivity contribution in [3.05, 3.63) is 46.3 Å². The first-order chi connectivity index (χ1) is 18.1. The summed E-state index contributed by atoms with van der Waals surface area (Å²) >= 11 is 1.35. The van der Waals surface area contributed by atoms with Gasteiger partial charge in [0.15, 0.2) is 5.78 Å². The molecule has 4 heterocycles. The number of rotatable bonds is 4. The molecule has 0 radical (unpaired) electrons. The molecular weight excluding hydrogens is 494 g/mol. The number of thiophene rings is 1. The first-order valence-corrected chi connectivity index (χ1v) is 13.2. The number of carbonyl (C=O) groups excluding carboxylic acids is 3. The summed E-state index contributed by atoms with van der Waals surface area (Å²) in [7, 11) is 0. The van der Waals surface area contributed by atoms with E-state index in [4.69, 9.17) is 4.74 Å². The molecule has 4 N–H and O–H groups in total. The maximum atomic E-state index is 13.6. The van der Waals surface area contributed by atoms with Crippen LogP contribution >= 0.6 is 11.3 Å². The second-order valence-corrected chi connectivity index (χ2v) is 10.2. The van der Waals surface area contributed by atoms with E-state index >= 15 is 0 Å². The van der Waals surface area contributed by atoms with Gasteiger partial charge < -0.3 is 20.3 Å². The molecule has 2 aliphatic heterocycles. The predicted molar refractivity (Wildman–Crippen MR) is 139 cm³/mol. The summed E-state index contributed by atoms with van der Waals surface area (Å²) in [5.74, 6) is -0.209. The molecule has 2 fully saturated rings. The number of hydrazine groups is 1. The van der Waals surface area contributed by atoms with Crippen LogP contribution in [0.15, 0.2) is 30.3 Å². The highest BCUT2D eigenvalue weighted by molar-refractivity contribution is 7.17. The molecule has 0 atom stereocenters. The number of amides is 3. The normalized spacial score (nSPS) is 17.7. The number of urea groups is 1. The van der Waals surface area contributed by atoms with Crippen LogP contribution < -0.4 is 16.1 Å². The van der Waals surface area contributed by atoms with Crippen LogP contribution in [0.5, 0.6) is 0 Å². The Labute approximate surface area is 217 Å². The SMILES string of the molecule is O=C(Nc1cccc2c1C(=O)c1c-2n[nH]c1-c1ccc(C(=O)N2CCCNCC2)s1)NN1CCOCC1. The summed E-state index contributed by atoms with van der Waals surface area (Å²) in [5.41, 5.74) is 5.89. The monoisotopic (exact) mass is 521 g/mol. The number of ketones is 1. The summed E-state index contributed by atoms with van der Waals surface area (Å²) in [6.45, 7) is 5.38. The quantitative estimate of drug-likeness (QED) is 0.324. The highest BCUT2D eigenvalue weighted by Gasteiger charge is 2.36. The minimum atomic E-state index is -0.417. The molecule has 2 saturated heterocycles. The van der Waals surface area contributed by atoms with Crippen LogP contribution in [0.4, 0.5) is 10.5 Å². The molecule has 6 rings (SSSR count). The number of carbonyl (C=O) groups is 3. The summed E-state index contributed by atoms with van der Waals surface area (Å²) in [5, 5.41) is 15.4. The van der Waals surface area contributed by atoms with Crippen molar-refractivity contribution in [2.75, 3.05) is 57.8 Å². The number of nitrogens with zero attached hydrogens (tertiary/aromatic N) is 3. The molecule has 0 bridgehead atoms. The summed E-state index contributed by atoms with van der Waals surface area (Å²) < 4.78 is 5.31. The van der Waals surface area contributed by atoms with Gasteiger partial charge in [0.05, 0.1) is 45.5 Å². The molecule has 3 amide bonds. The van der Waals surface area contributed by atoms with Crippen LogP contribution in [0.25, 0.3) is 21.8 Å². The summed E-state index contributed by atoms with van der Waals surface area (Å²) in [6.07, 6.45) is 0.922. The lowest BCUT2D eigenvalue weighted by molar-refractivity contribution is 0.0207. The Morgan fingerprint density at radius 2 is 1.89 bits per heavy atom. The van der Waals surface area contributed by atoms with Crippen LogP contribution in [-0.4, -0.2) is 90.3 Å². The highest BCUT2D eigenvalue weighted by Crippen LogP contribution is 2.44. The first kappa shape index (κ1) is 23.8. The van der Waals surface area contributed by atoms with Gasteiger partial charge in [-0.1, -0.05) is 12.1 Å². The van der Waals surface area contributed by atoms with Crippen molar-refractivity contribution in [3.8, 4) is 21.8 Å². The van der Waals surface area contributed by atoms with E-state index < -0.39 is 6.03 Å². The van der Waals surface area contributed by atoms with Gasteiger partial charge in [0, 0.05) is 38.3 Å². The Hall–Kier alpha value is -3.58. The minimum Gasteiger partial charge on any atom is -0.379 e. The number of aromatic amines is 1. The molecule has 12 heteroatoms. The third kappa shape index (κ3) is 4.53. The van der Waals surface area contributed by atoms with Gasteiger partial charge in [-0.05, 0) is 31.2 Å². The Morgan fingerprint density at radius 1 is 1.03 bits per heavy atom. The molecule has 0 saturated carbocycles. The van der Waals surface area contributed by atoms with Gasteiger partial charge in [-0.3, -0.25) is 20.1 Å². The van der Waals surface area contributed by atoms with Crippen LogP contribution in [0.3, 0.4) is 0 Å². The topological polar surface area (TPSA) is 132 Å². The van der Waals surface area contributed by atoms with E-state index in [0.717, 1.165) is 30.9 Å². The van der Waals surface area contributed by atoms with E-state index in [1.807, 2.05) is 23.1 Å². The fourth-order valence-corrected chi connectivity index (χ4v) is 5.90. The van der Waals surface area contributed by atoms with Crippen molar-refractivity contribution in [3.63, 3.8) is 0 Å². The molecule has 0 unspecified atom stereocenters. The Morgan fingerprint density at radius 3 is 2.76 bits per heavy atom. The van der Waals surface area contributed by atoms with Crippen LogP contribution in [0.2, 0.25) is 0 Å². The number of ether oxygens (including phenoxy) is 1. The maximum absolute atomic E-state index is 13.6. The maximum Gasteiger partial charge on any atom is 0.333 e. The second-order valence-electron chi connectivity index (χ2n) is 9.10. The Bertz CT molecular complexity index is 1350. The van der Waals surface area contributed by atoms with Crippen molar-refractivity contribution in [2.45, 2.75) is 6.42 Å². The van der Waals surface area contributed by atoms with Gasteiger partial charge in [-0.15, -0.1) is 11.3 Å². The summed E-state index contributed by atoms with van der Waals surface area (Å²) in [4.78, 5) is 42.6. The van der Waals surface area contributed by atoms with Gasteiger partial charge in [0.2, 0.25) is 0 Å². The van der Waals surface area contributed by atoms with E-state index in [9.17, 15) is 14.4 Å². The number of benzene rings is 1. The van der Waals surface area contributed by atoms with E-state index in [1.54, 1.807) is 17.1 Å². The lowest BCUT2D eigenvalue weighted by atomic mass is 10.1. The van der Waals surface area contributed by atoms with E-state index in [-0.39, 0.29) is 11.7 Å². The Kier molecular flexibility index (Phi) is 6.47. The molecule has 3 aliphatic rings. The third-order valence-corrected chi connectivity index (χ3v) is 7.84. The van der Waals surface area contributed by atoms with E-state index in [2.05, 4.69) is 26.3 Å². The van der Waals surface area contributed by atoms with Crippen LogP contribution in [-0.2, 0) is 4.74 Å².